The molecule has 0 bridgehead atoms. The number of carbonyl (C=O) groups excluding carboxylic acids is 7. The van der Waals surface area contributed by atoms with Crippen LogP contribution in [0.4, 0.5) is 5.82 Å². The fourth-order valence-electron chi connectivity index (χ4n) is 11.5. The van der Waals surface area contributed by atoms with Crippen LogP contribution in [0, 0.1) is 35.5 Å². The number of amidine groups is 1. The third-order valence-electron chi connectivity index (χ3n) is 15.2. The summed E-state index contributed by atoms with van der Waals surface area (Å²) in [6, 6.07) is 20.8. The number of aromatic amines is 1. The Bertz CT molecular complexity index is 3220. The zero-order valence-corrected chi connectivity index (χ0v) is 49.2. The number of nitrogens with one attached hydrogen (secondary N) is 4. The highest BCUT2D eigenvalue weighted by Crippen LogP contribution is 2.43. The summed E-state index contributed by atoms with van der Waals surface area (Å²) in [7, 11) is 0. The van der Waals surface area contributed by atoms with Crippen LogP contribution in [0.2, 0.25) is 0 Å². The third-order valence-corrected chi connectivity index (χ3v) is 16.3. The SMILES string of the molecule is C=CC(=O)OCC(CNC(C)C(=O)NC1=N/C(=C\c2[nH]c(NC(=O)C(C)Sc3cc(OC=O)cc(C(=O)O)c3)c(C(=O)OC3C(C)CC(C)CC3C)c2-c2ccccc2)C(c2ccccc2)=C1C(=O)OC1C(C)CC(C)CC1C)OC(=O)C=C. The Labute approximate surface area is 493 Å². The molecule has 84 heavy (non-hydrogen) atoms. The first-order chi connectivity index (χ1) is 40.1. The molecule has 2 heterocycles. The molecule has 2 amide bonds. The Balaban J connectivity index is 1.38. The predicted molar refractivity (Wildman–Crippen MR) is 318 cm³/mol. The number of H-pyrrole nitrogens is 1. The molecule has 3 aromatic carbocycles. The molecule has 4 aromatic rings. The Hall–Kier alpha value is -8.36. The van der Waals surface area contributed by atoms with Gasteiger partial charge in [-0.3, -0.25) is 14.4 Å². The van der Waals surface area contributed by atoms with Crippen LogP contribution in [-0.2, 0) is 47.7 Å². The van der Waals surface area contributed by atoms with E-state index in [2.05, 4.69) is 47.9 Å². The largest absolute Gasteiger partial charge is 0.478 e. The van der Waals surface area contributed by atoms with Crippen LogP contribution in [0.1, 0.15) is 113 Å². The van der Waals surface area contributed by atoms with Gasteiger partial charge in [-0.1, -0.05) is 115 Å². The number of hydrogen-bond donors (Lipinski definition) is 5. The number of rotatable bonds is 23. The van der Waals surface area contributed by atoms with Crippen LogP contribution in [0.3, 0.4) is 0 Å². The highest BCUT2D eigenvalue weighted by molar-refractivity contribution is 8.00. The number of nitrogens with zero attached hydrogens (tertiary/aromatic N) is 1. The summed E-state index contributed by atoms with van der Waals surface area (Å²) in [5.74, 6) is -5.04. The number of carbonyl (C=O) groups is 8. The van der Waals surface area contributed by atoms with E-state index in [0.717, 1.165) is 49.6 Å². The number of esters is 4. The minimum atomic E-state index is -1.28. The van der Waals surface area contributed by atoms with E-state index in [1.54, 1.807) is 68.5 Å². The average Bonchev–Trinajstić information content (AvgIpc) is 2.24. The molecule has 7 rings (SSSR count). The second kappa shape index (κ2) is 28.8. The number of ether oxygens (including phenoxy) is 5. The lowest BCUT2D eigenvalue weighted by molar-refractivity contribution is -0.152. The molecule has 7 unspecified atom stereocenters. The highest BCUT2D eigenvalue weighted by atomic mass is 32.2. The van der Waals surface area contributed by atoms with Gasteiger partial charge < -0.3 is 49.7 Å². The van der Waals surface area contributed by atoms with Gasteiger partial charge in [0.05, 0.1) is 28.2 Å². The van der Waals surface area contributed by atoms with E-state index in [4.69, 9.17) is 28.7 Å². The van der Waals surface area contributed by atoms with E-state index in [9.17, 15) is 33.9 Å². The Morgan fingerprint density at radius 3 is 1.88 bits per heavy atom. The molecule has 1 aliphatic heterocycles. The van der Waals surface area contributed by atoms with E-state index >= 15 is 9.59 Å². The normalized spacial score (nSPS) is 22.7. The van der Waals surface area contributed by atoms with Gasteiger partial charge in [-0.05, 0) is 110 Å². The fraction of sp³-hybridized carbons (Fsp3) is 0.391. The molecule has 0 radical (unpaired) electrons. The first-order valence-corrected chi connectivity index (χ1v) is 28.9. The number of thioether (sulfide) groups is 1. The van der Waals surface area contributed by atoms with Gasteiger partial charge in [-0.2, -0.15) is 0 Å². The van der Waals surface area contributed by atoms with Crippen molar-refractivity contribution in [1.29, 1.82) is 0 Å². The van der Waals surface area contributed by atoms with Gasteiger partial charge in [0, 0.05) is 34.7 Å². The second-order valence-electron chi connectivity index (χ2n) is 22.1. The van der Waals surface area contributed by atoms with Crippen LogP contribution < -0.4 is 20.7 Å². The fourth-order valence-corrected chi connectivity index (χ4v) is 12.5. The zero-order valence-electron chi connectivity index (χ0n) is 48.4. The summed E-state index contributed by atoms with van der Waals surface area (Å²) in [5.41, 5.74) is 1.78. The van der Waals surface area contributed by atoms with Crippen LogP contribution in [0.25, 0.3) is 22.8 Å². The van der Waals surface area contributed by atoms with E-state index < -0.39 is 71.3 Å². The van der Waals surface area contributed by atoms with E-state index in [0.29, 0.717) is 33.4 Å². The summed E-state index contributed by atoms with van der Waals surface area (Å²) in [5, 5.41) is 17.7. The van der Waals surface area contributed by atoms with Crippen molar-refractivity contribution in [3.8, 4) is 16.9 Å². The predicted octanol–water partition coefficient (Wildman–Crippen LogP) is 10.0. The average molecular weight is 1170 g/mol. The molecular weight excluding hydrogens is 1090 g/mol. The number of aliphatic imine (C=N–C) groups is 1. The first-order valence-electron chi connectivity index (χ1n) is 28.1. The van der Waals surface area contributed by atoms with E-state index in [1.165, 1.54) is 18.2 Å². The van der Waals surface area contributed by atoms with Gasteiger partial charge in [0.1, 0.15) is 53.5 Å². The maximum atomic E-state index is 15.2. The molecular formula is C64H73N5O14S. The third kappa shape index (κ3) is 15.8. The van der Waals surface area contributed by atoms with Gasteiger partial charge in [-0.25, -0.2) is 29.0 Å². The van der Waals surface area contributed by atoms with Crippen LogP contribution in [0.5, 0.6) is 5.75 Å². The Morgan fingerprint density at radius 1 is 0.750 bits per heavy atom. The van der Waals surface area contributed by atoms with Gasteiger partial charge >= 0.3 is 29.8 Å². The number of amides is 2. The summed E-state index contributed by atoms with van der Waals surface area (Å²) in [6.45, 7) is 22.1. The van der Waals surface area contributed by atoms with Crippen LogP contribution in [-0.4, -0.2) is 107 Å². The summed E-state index contributed by atoms with van der Waals surface area (Å²) in [4.78, 5) is 116. The molecule has 444 valence electrons. The lowest BCUT2D eigenvalue weighted by Crippen LogP contribution is -2.48. The van der Waals surface area contributed by atoms with E-state index in [-0.39, 0.29) is 94.4 Å². The quantitative estimate of drug-likeness (QED) is 0.0152. The van der Waals surface area contributed by atoms with Crippen molar-refractivity contribution in [2.45, 2.75) is 116 Å². The van der Waals surface area contributed by atoms with Gasteiger partial charge in [0.15, 0.2) is 0 Å². The van der Waals surface area contributed by atoms with Crippen LogP contribution in [0.15, 0.2) is 125 Å². The summed E-state index contributed by atoms with van der Waals surface area (Å²) < 4.78 is 28.5. The zero-order chi connectivity index (χ0) is 60.9. The summed E-state index contributed by atoms with van der Waals surface area (Å²) in [6.07, 6.45) is 4.78. The number of aromatic carboxylic acids is 1. The molecule has 1 aromatic heterocycles. The minimum Gasteiger partial charge on any atom is -0.478 e. The summed E-state index contributed by atoms with van der Waals surface area (Å²) >= 11 is 0.987. The molecule has 2 aliphatic carbocycles. The maximum Gasteiger partial charge on any atom is 0.342 e. The van der Waals surface area contributed by atoms with Crippen LogP contribution >= 0.6 is 11.8 Å². The molecule has 19 nitrogen and oxygen atoms in total. The molecule has 2 saturated carbocycles. The minimum absolute atomic E-state index is 0.00474. The number of hydrogen-bond acceptors (Lipinski definition) is 16. The van der Waals surface area contributed by atoms with Crippen molar-refractivity contribution in [2.75, 3.05) is 18.5 Å². The molecule has 5 N–H and O–H groups in total. The molecule has 20 heteroatoms. The van der Waals surface area contributed by atoms with Gasteiger partial charge in [-0.15, -0.1) is 11.8 Å². The Kier molecular flexibility index (Phi) is 21.6. The van der Waals surface area contributed by atoms with Crippen molar-refractivity contribution in [2.24, 2.45) is 40.5 Å². The van der Waals surface area contributed by atoms with Gasteiger partial charge in [0.2, 0.25) is 11.8 Å². The van der Waals surface area contributed by atoms with Gasteiger partial charge in [0.25, 0.3) is 6.47 Å². The molecule has 3 aliphatic rings. The number of carboxylic acids is 1. The lowest BCUT2D eigenvalue weighted by Gasteiger charge is -2.37. The van der Waals surface area contributed by atoms with Crippen molar-refractivity contribution in [3.05, 3.63) is 138 Å². The van der Waals surface area contributed by atoms with Crippen molar-refractivity contribution in [3.63, 3.8) is 0 Å². The first kappa shape index (κ1) is 63.2. The molecule has 0 saturated heterocycles. The van der Waals surface area contributed by atoms with Crippen molar-refractivity contribution < 1.29 is 67.1 Å². The number of benzene rings is 3. The molecule has 0 spiro atoms. The highest BCUT2D eigenvalue weighted by Gasteiger charge is 2.41. The monoisotopic (exact) mass is 1170 g/mol. The molecule has 2 fully saturated rings. The topological polar surface area (TPSA) is 267 Å². The molecule has 7 atom stereocenters. The maximum absolute atomic E-state index is 15.2. The van der Waals surface area contributed by atoms with E-state index in [1.807, 2.05) is 39.8 Å². The standard InChI is InChI=1S/C64H73N5O14S/c1-11-50(71)79-32-46(81-51(72)12-2)31-65-40(9)60(73)68-58-54(63(77)82-56-36(5)23-34(3)24-37(56)6)52(42-19-15-13-16-20-42)48(66-58)30-49-53(43-21-17-14-18-22-43)55(64(78)83-57-38(7)25-35(4)26-39(57)8)59(67-49)69-61(74)41(10)84-47-28-44(62(75)76)27-45(29-47)80-33-70/h11-22,27-30,33-41,46,56-57,65,67H,1-2,23-26,31-32H2,3-10H3,(H,69,74)(H,75,76)(H,66,68,73)/b48-30-. The second-order valence-corrected chi connectivity index (χ2v) is 23.5. The van der Waals surface area contributed by atoms with Crippen molar-refractivity contribution in [1.82, 2.24) is 15.6 Å². The number of allylic oxidation sites excluding steroid dienone is 1. The number of aromatic nitrogens is 1. The lowest BCUT2D eigenvalue weighted by atomic mass is 9.75. The number of carboxylic acid groups (broad SMARTS) is 1. The number of anilines is 1. The smallest absolute Gasteiger partial charge is 0.342 e. The van der Waals surface area contributed by atoms with Crippen molar-refractivity contribution >= 4 is 83.2 Å². The Morgan fingerprint density at radius 2 is 1.32 bits per heavy atom.